The Hall–Kier alpha value is -3.19. The summed E-state index contributed by atoms with van der Waals surface area (Å²) in [6, 6.07) is 14.2. The first-order chi connectivity index (χ1) is 13.6. The van der Waals surface area contributed by atoms with Crippen molar-refractivity contribution in [1.82, 2.24) is 19.2 Å². The fourth-order valence-corrected chi connectivity index (χ4v) is 3.37. The quantitative estimate of drug-likeness (QED) is 0.562. The number of hydrogen-bond donors (Lipinski definition) is 1. The third-order valence-electron chi connectivity index (χ3n) is 4.48. The van der Waals surface area contributed by atoms with Crippen molar-refractivity contribution in [3.8, 4) is 0 Å². The molecule has 142 valence electrons. The largest absolute Gasteiger partial charge is 0.325 e. The highest BCUT2D eigenvalue weighted by molar-refractivity contribution is 6.30. The topological polar surface area (TPSA) is 81.3 Å². The molecule has 1 amide bonds. The normalized spacial score (nSPS) is 11.2. The lowest BCUT2D eigenvalue weighted by Crippen LogP contribution is -2.29. The van der Waals surface area contributed by atoms with Gasteiger partial charge in [0.1, 0.15) is 12.4 Å². The minimum atomic E-state index is -0.347. The molecule has 0 radical (unpaired) electrons. The van der Waals surface area contributed by atoms with Crippen molar-refractivity contribution >= 4 is 39.9 Å². The van der Waals surface area contributed by atoms with Gasteiger partial charge < -0.3 is 5.32 Å². The molecule has 7 nitrogen and oxygen atoms in total. The third kappa shape index (κ3) is 3.25. The summed E-state index contributed by atoms with van der Waals surface area (Å²) in [6.45, 7) is 1.92. The van der Waals surface area contributed by atoms with E-state index < -0.39 is 0 Å². The molecule has 2 aromatic carbocycles. The number of aromatic nitrogens is 4. The molecular weight excluding hydrogens is 378 g/mol. The van der Waals surface area contributed by atoms with Crippen LogP contribution in [0.4, 0.5) is 5.69 Å². The molecule has 0 atom stereocenters. The highest BCUT2D eigenvalue weighted by Gasteiger charge is 2.17. The van der Waals surface area contributed by atoms with E-state index in [1.54, 1.807) is 28.7 Å². The molecule has 2 heterocycles. The van der Waals surface area contributed by atoms with Gasteiger partial charge in [0.25, 0.3) is 5.56 Å². The van der Waals surface area contributed by atoms with Crippen LogP contribution in [-0.2, 0) is 17.8 Å². The van der Waals surface area contributed by atoms with Gasteiger partial charge in [0.2, 0.25) is 11.6 Å². The minimum Gasteiger partial charge on any atom is -0.325 e. The minimum absolute atomic E-state index is 0.131. The maximum atomic E-state index is 13.0. The molecule has 0 aliphatic heterocycles. The second kappa shape index (κ2) is 7.44. The first-order valence-corrected chi connectivity index (χ1v) is 9.37. The number of fused-ring (bicyclic) bond motifs is 3. The zero-order valence-corrected chi connectivity index (χ0v) is 16.0. The molecule has 0 saturated carbocycles. The number of hydrogen-bond acceptors (Lipinski definition) is 4. The van der Waals surface area contributed by atoms with Gasteiger partial charge in [-0.3, -0.25) is 18.6 Å². The van der Waals surface area contributed by atoms with Crippen LogP contribution in [0.25, 0.3) is 16.7 Å². The molecule has 0 saturated heterocycles. The summed E-state index contributed by atoms with van der Waals surface area (Å²) in [5.41, 5.74) is 1.94. The summed E-state index contributed by atoms with van der Waals surface area (Å²) in [5, 5.41) is 11.6. The summed E-state index contributed by atoms with van der Waals surface area (Å²) in [6.07, 6.45) is 1.60. The van der Waals surface area contributed by atoms with Crippen LogP contribution in [0.2, 0.25) is 5.02 Å². The summed E-state index contributed by atoms with van der Waals surface area (Å²) in [4.78, 5) is 25.6. The maximum absolute atomic E-state index is 13.0. The van der Waals surface area contributed by atoms with Crippen molar-refractivity contribution in [2.75, 3.05) is 5.32 Å². The van der Waals surface area contributed by atoms with Gasteiger partial charge in [0.15, 0.2) is 0 Å². The molecule has 0 fully saturated rings. The number of nitrogens with one attached hydrogen (secondary N) is 1. The van der Waals surface area contributed by atoms with Crippen LogP contribution < -0.4 is 10.9 Å². The molecule has 0 aliphatic rings. The number of amides is 1. The number of anilines is 1. The van der Waals surface area contributed by atoms with E-state index >= 15 is 0 Å². The number of rotatable bonds is 5. The second-order valence-electron chi connectivity index (χ2n) is 6.46. The Morgan fingerprint density at radius 2 is 1.79 bits per heavy atom. The fraction of sp³-hybridized carbons (Fsp3) is 0.200. The lowest BCUT2D eigenvalue weighted by molar-refractivity contribution is -0.116. The van der Waals surface area contributed by atoms with Crippen LogP contribution in [0.15, 0.2) is 53.3 Å². The SMILES string of the molecule is CCCc1nnc2c(=O)n(CC(=O)Nc3ccc(Cl)cc3)c3ccccc3n12. The molecule has 8 heteroatoms. The molecular formula is C20H18ClN5O2. The van der Waals surface area contributed by atoms with E-state index in [0.29, 0.717) is 22.6 Å². The Balaban J connectivity index is 1.78. The second-order valence-corrected chi connectivity index (χ2v) is 6.90. The fourth-order valence-electron chi connectivity index (χ4n) is 3.24. The van der Waals surface area contributed by atoms with Gasteiger partial charge in [-0.05, 0) is 42.8 Å². The standard InChI is InChI=1S/C20H18ClN5O2/c1-2-5-17-23-24-19-20(28)25(15-6-3-4-7-16(15)26(17)19)12-18(27)22-14-10-8-13(21)9-11-14/h3-4,6-11H,2,5,12H2,1H3,(H,22,27). The van der Waals surface area contributed by atoms with Crippen LogP contribution >= 0.6 is 11.6 Å². The van der Waals surface area contributed by atoms with Crippen molar-refractivity contribution in [1.29, 1.82) is 0 Å². The van der Waals surface area contributed by atoms with E-state index in [1.807, 2.05) is 31.2 Å². The third-order valence-corrected chi connectivity index (χ3v) is 4.74. The predicted octanol–water partition coefficient (Wildman–Crippen LogP) is 3.29. The first-order valence-electron chi connectivity index (χ1n) is 8.99. The van der Waals surface area contributed by atoms with Crippen molar-refractivity contribution in [2.24, 2.45) is 0 Å². The van der Waals surface area contributed by atoms with Gasteiger partial charge in [-0.15, -0.1) is 10.2 Å². The highest BCUT2D eigenvalue weighted by Crippen LogP contribution is 2.17. The summed E-state index contributed by atoms with van der Waals surface area (Å²) in [5.74, 6) is 0.427. The number of carbonyl (C=O) groups excluding carboxylic acids is 1. The van der Waals surface area contributed by atoms with Crippen molar-refractivity contribution in [2.45, 2.75) is 26.3 Å². The monoisotopic (exact) mass is 395 g/mol. The zero-order valence-electron chi connectivity index (χ0n) is 15.2. The number of carbonyl (C=O) groups is 1. The van der Waals surface area contributed by atoms with Crippen molar-refractivity contribution in [3.05, 3.63) is 69.7 Å². The van der Waals surface area contributed by atoms with Gasteiger partial charge in [-0.1, -0.05) is 30.7 Å². The Bertz CT molecular complexity index is 1230. The van der Waals surface area contributed by atoms with E-state index in [0.717, 1.165) is 17.8 Å². The molecule has 28 heavy (non-hydrogen) atoms. The molecule has 4 aromatic rings. The van der Waals surface area contributed by atoms with Crippen LogP contribution in [0.5, 0.6) is 0 Å². The van der Waals surface area contributed by atoms with Crippen molar-refractivity contribution < 1.29 is 4.79 Å². The molecule has 0 spiro atoms. The number of aryl methyl sites for hydroxylation is 1. The first kappa shape index (κ1) is 18.2. The lowest BCUT2D eigenvalue weighted by atomic mass is 10.2. The Labute approximate surface area is 165 Å². The zero-order chi connectivity index (χ0) is 19.7. The van der Waals surface area contributed by atoms with Gasteiger partial charge in [-0.25, -0.2) is 0 Å². The summed E-state index contributed by atoms with van der Waals surface area (Å²) < 4.78 is 3.22. The van der Waals surface area contributed by atoms with Gasteiger partial charge in [-0.2, -0.15) is 0 Å². The molecule has 4 rings (SSSR count). The summed E-state index contributed by atoms with van der Waals surface area (Å²) in [7, 11) is 0. The average Bonchev–Trinajstić information content (AvgIpc) is 3.11. The van der Waals surface area contributed by atoms with E-state index in [4.69, 9.17) is 11.6 Å². The van der Waals surface area contributed by atoms with Gasteiger partial charge in [0, 0.05) is 17.1 Å². The Morgan fingerprint density at radius 3 is 2.50 bits per heavy atom. The van der Waals surface area contributed by atoms with E-state index in [9.17, 15) is 9.59 Å². The maximum Gasteiger partial charge on any atom is 0.297 e. The van der Waals surface area contributed by atoms with Crippen molar-refractivity contribution in [3.63, 3.8) is 0 Å². The number of benzene rings is 2. The predicted molar refractivity (Wildman–Crippen MR) is 109 cm³/mol. The Kier molecular flexibility index (Phi) is 4.83. The number of para-hydroxylation sites is 2. The van der Waals surface area contributed by atoms with Crippen LogP contribution in [0.3, 0.4) is 0 Å². The number of nitrogens with zero attached hydrogens (tertiary/aromatic N) is 4. The number of halogens is 1. The van der Waals surface area contributed by atoms with E-state index in [2.05, 4.69) is 15.5 Å². The average molecular weight is 396 g/mol. The van der Waals surface area contributed by atoms with Gasteiger partial charge in [0.05, 0.1) is 11.0 Å². The molecule has 2 aromatic heterocycles. The smallest absolute Gasteiger partial charge is 0.297 e. The Morgan fingerprint density at radius 1 is 1.07 bits per heavy atom. The lowest BCUT2D eigenvalue weighted by Gasteiger charge is -2.12. The molecule has 0 aliphatic carbocycles. The van der Waals surface area contributed by atoms with Crippen LogP contribution in [0.1, 0.15) is 19.2 Å². The molecule has 1 N–H and O–H groups in total. The molecule has 0 bridgehead atoms. The van der Waals surface area contributed by atoms with Crippen LogP contribution in [0, 0.1) is 0 Å². The van der Waals surface area contributed by atoms with Crippen LogP contribution in [-0.4, -0.2) is 25.1 Å². The summed E-state index contributed by atoms with van der Waals surface area (Å²) >= 11 is 5.87. The molecule has 0 unspecified atom stereocenters. The van der Waals surface area contributed by atoms with E-state index in [-0.39, 0.29) is 23.7 Å². The van der Waals surface area contributed by atoms with E-state index in [1.165, 1.54) is 4.57 Å². The highest BCUT2D eigenvalue weighted by atomic mass is 35.5. The van der Waals surface area contributed by atoms with Gasteiger partial charge >= 0.3 is 0 Å².